The van der Waals surface area contributed by atoms with Gasteiger partial charge in [0, 0.05) is 29.2 Å². The van der Waals surface area contributed by atoms with Crippen molar-refractivity contribution in [2.45, 2.75) is 17.8 Å². The van der Waals surface area contributed by atoms with Gasteiger partial charge in [-0.25, -0.2) is 9.97 Å². The second-order valence-electron chi connectivity index (χ2n) is 4.42. The van der Waals surface area contributed by atoms with E-state index in [-0.39, 0.29) is 0 Å². The number of thioether (sulfide) groups is 1. The minimum Gasteiger partial charge on any atom is -0.497 e. The van der Waals surface area contributed by atoms with Gasteiger partial charge in [0.05, 0.1) is 17.8 Å². The van der Waals surface area contributed by atoms with Gasteiger partial charge >= 0.3 is 0 Å². The standard InChI is InChI=1S/C15H15N3OS2/c1-11-17-12(9-20-11)10-21-15-16-7-8-18(15)13-3-5-14(19-2)6-4-13/h3-9H,10H2,1-2H3. The topological polar surface area (TPSA) is 39.9 Å². The maximum atomic E-state index is 5.19. The maximum absolute atomic E-state index is 5.19. The number of methoxy groups -OCH3 is 1. The first-order chi connectivity index (χ1) is 10.3. The van der Waals surface area contributed by atoms with E-state index in [9.17, 15) is 0 Å². The first-order valence-electron chi connectivity index (χ1n) is 6.48. The molecule has 0 saturated heterocycles. The van der Waals surface area contributed by atoms with Crippen molar-refractivity contribution in [3.63, 3.8) is 0 Å². The van der Waals surface area contributed by atoms with Crippen molar-refractivity contribution in [2.75, 3.05) is 7.11 Å². The molecule has 2 aromatic heterocycles. The largest absolute Gasteiger partial charge is 0.497 e. The number of aromatic nitrogens is 3. The minimum absolute atomic E-state index is 0.831. The number of benzene rings is 1. The summed E-state index contributed by atoms with van der Waals surface area (Å²) >= 11 is 3.37. The number of thiazole rings is 1. The molecule has 0 aliphatic rings. The molecule has 3 aromatic rings. The summed E-state index contributed by atoms with van der Waals surface area (Å²) in [7, 11) is 1.67. The average molecular weight is 317 g/mol. The lowest BCUT2D eigenvalue weighted by molar-refractivity contribution is 0.414. The van der Waals surface area contributed by atoms with E-state index in [0.29, 0.717) is 0 Å². The highest BCUT2D eigenvalue weighted by atomic mass is 32.2. The van der Waals surface area contributed by atoms with Gasteiger partial charge in [-0.2, -0.15) is 0 Å². The van der Waals surface area contributed by atoms with Crippen molar-refractivity contribution >= 4 is 23.1 Å². The Morgan fingerprint density at radius 1 is 1.29 bits per heavy atom. The van der Waals surface area contributed by atoms with Gasteiger partial charge in [0.2, 0.25) is 0 Å². The summed E-state index contributed by atoms with van der Waals surface area (Å²) in [6.45, 7) is 2.02. The van der Waals surface area contributed by atoms with E-state index in [2.05, 4.69) is 19.9 Å². The zero-order valence-corrected chi connectivity index (χ0v) is 13.4. The summed E-state index contributed by atoms with van der Waals surface area (Å²) in [6.07, 6.45) is 3.79. The van der Waals surface area contributed by atoms with E-state index < -0.39 is 0 Å². The summed E-state index contributed by atoms with van der Waals surface area (Å²) in [4.78, 5) is 8.91. The monoisotopic (exact) mass is 317 g/mol. The second-order valence-corrected chi connectivity index (χ2v) is 6.43. The number of hydrogen-bond donors (Lipinski definition) is 0. The quantitative estimate of drug-likeness (QED) is 0.668. The van der Waals surface area contributed by atoms with Crippen LogP contribution in [-0.4, -0.2) is 21.6 Å². The van der Waals surface area contributed by atoms with E-state index in [1.54, 1.807) is 30.2 Å². The molecule has 1 aromatic carbocycles. The fraction of sp³-hybridized carbons (Fsp3) is 0.200. The van der Waals surface area contributed by atoms with Crippen LogP contribution in [0.25, 0.3) is 5.69 Å². The van der Waals surface area contributed by atoms with Crippen molar-refractivity contribution in [2.24, 2.45) is 0 Å². The number of rotatable bonds is 5. The van der Waals surface area contributed by atoms with Crippen LogP contribution in [0.5, 0.6) is 5.75 Å². The summed E-state index contributed by atoms with van der Waals surface area (Å²) < 4.78 is 7.26. The Kier molecular flexibility index (Phi) is 4.26. The van der Waals surface area contributed by atoms with E-state index in [4.69, 9.17) is 4.74 Å². The van der Waals surface area contributed by atoms with Gasteiger partial charge in [-0.3, -0.25) is 4.57 Å². The van der Waals surface area contributed by atoms with Crippen LogP contribution in [-0.2, 0) is 5.75 Å². The maximum Gasteiger partial charge on any atom is 0.172 e. The van der Waals surface area contributed by atoms with E-state index in [1.165, 1.54) is 0 Å². The lowest BCUT2D eigenvalue weighted by Crippen LogP contribution is -1.95. The summed E-state index contributed by atoms with van der Waals surface area (Å²) in [5, 5.41) is 4.16. The Bertz CT molecular complexity index is 719. The van der Waals surface area contributed by atoms with E-state index in [1.807, 2.05) is 43.6 Å². The molecular formula is C15H15N3OS2. The highest BCUT2D eigenvalue weighted by molar-refractivity contribution is 7.98. The SMILES string of the molecule is COc1ccc(-n2ccnc2SCc2csc(C)n2)cc1. The molecule has 0 aliphatic carbocycles. The van der Waals surface area contributed by atoms with E-state index in [0.717, 1.165) is 33.0 Å². The predicted octanol–water partition coefficient (Wildman–Crippen LogP) is 3.94. The van der Waals surface area contributed by atoms with Crippen LogP contribution >= 0.6 is 23.1 Å². The van der Waals surface area contributed by atoms with Crippen molar-refractivity contribution < 1.29 is 4.74 Å². The third-order valence-corrected chi connectivity index (χ3v) is 4.80. The van der Waals surface area contributed by atoms with Crippen LogP contribution in [0.15, 0.2) is 47.2 Å². The zero-order valence-electron chi connectivity index (χ0n) is 11.8. The molecule has 0 spiro atoms. The Balaban J connectivity index is 1.76. The van der Waals surface area contributed by atoms with Crippen molar-refractivity contribution in [3.8, 4) is 11.4 Å². The molecule has 0 saturated carbocycles. The Morgan fingerprint density at radius 3 is 2.76 bits per heavy atom. The van der Waals surface area contributed by atoms with Crippen molar-refractivity contribution in [1.29, 1.82) is 0 Å². The third kappa shape index (κ3) is 3.28. The molecule has 0 amide bonds. The molecule has 21 heavy (non-hydrogen) atoms. The van der Waals surface area contributed by atoms with Gasteiger partial charge in [0.15, 0.2) is 5.16 Å². The first kappa shape index (κ1) is 14.2. The molecule has 4 nitrogen and oxygen atoms in total. The molecule has 3 rings (SSSR count). The summed E-state index contributed by atoms with van der Waals surface area (Å²) in [5.41, 5.74) is 2.18. The van der Waals surface area contributed by atoms with Crippen LogP contribution in [0.3, 0.4) is 0 Å². The molecule has 0 aliphatic heterocycles. The Hall–Kier alpha value is -1.79. The fourth-order valence-electron chi connectivity index (χ4n) is 1.95. The molecule has 2 heterocycles. The number of hydrogen-bond acceptors (Lipinski definition) is 5. The molecule has 108 valence electrons. The molecule has 0 N–H and O–H groups in total. The third-order valence-electron chi connectivity index (χ3n) is 2.97. The van der Waals surface area contributed by atoms with Crippen LogP contribution in [0.1, 0.15) is 10.7 Å². The molecule has 0 bridgehead atoms. The number of imidazole rings is 1. The van der Waals surface area contributed by atoms with Gasteiger partial charge in [-0.15, -0.1) is 11.3 Å². The van der Waals surface area contributed by atoms with Gasteiger partial charge in [0.1, 0.15) is 5.75 Å². The molecular weight excluding hydrogens is 302 g/mol. The summed E-state index contributed by atoms with van der Waals surface area (Å²) in [5.74, 6) is 1.68. The minimum atomic E-state index is 0.831. The fourth-order valence-corrected chi connectivity index (χ4v) is 3.53. The molecule has 6 heteroatoms. The summed E-state index contributed by atoms with van der Waals surface area (Å²) in [6, 6.07) is 7.95. The molecule has 0 radical (unpaired) electrons. The van der Waals surface area contributed by atoms with Crippen molar-refractivity contribution in [3.05, 3.63) is 52.7 Å². The highest BCUT2D eigenvalue weighted by Gasteiger charge is 2.07. The molecule has 0 fully saturated rings. The Labute approximate surface area is 131 Å². The smallest absolute Gasteiger partial charge is 0.172 e. The van der Waals surface area contributed by atoms with Gasteiger partial charge in [-0.1, -0.05) is 11.8 Å². The number of nitrogens with zero attached hydrogens (tertiary/aromatic N) is 3. The van der Waals surface area contributed by atoms with Crippen LogP contribution < -0.4 is 4.74 Å². The predicted molar refractivity (Wildman–Crippen MR) is 86.5 cm³/mol. The molecule has 0 atom stereocenters. The van der Waals surface area contributed by atoms with Gasteiger partial charge in [0.25, 0.3) is 0 Å². The first-order valence-corrected chi connectivity index (χ1v) is 8.34. The van der Waals surface area contributed by atoms with Crippen LogP contribution in [0.2, 0.25) is 0 Å². The number of aryl methyl sites for hydroxylation is 1. The van der Waals surface area contributed by atoms with Gasteiger partial charge < -0.3 is 4.74 Å². The zero-order chi connectivity index (χ0) is 14.7. The van der Waals surface area contributed by atoms with Crippen LogP contribution in [0, 0.1) is 6.92 Å². The highest BCUT2D eigenvalue weighted by Crippen LogP contribution is 2.25. The lowest BCUT2D eigenvalue weighted by atomic mass is 10.3. The Morgan fingerprint density at radius 2 is 2.10 bits per heavy atom. The van der Waals surface area contributed by atoms with E-state index >= 15 is 0 Å². The molecule has 0 unspecified atom stereocenters. The average Bonchev–Trinajstić information content (AvgIpc) is 3.14. The van der Waals surface area contributed by atoms with Gasteiger partial charge in [-0.05, 0) is 31.2 Å². The lowest BCUT2D eigenvalue weighted by Gasteiger charge is -2.07. The number of ether oxygens (including phenoxy) is 1. The second kappa shape index (κ2) is 6.32. The van der Waals surface area contributed by atoms with Crippen molar-refractivity contribution in [1.82, 2.24) is 14.5 Å². The normalized spacial score (nSPS) is 10.8. The van der Waals surface area contributed by atoms with Crippen LogP contribution in [0.4, 0.5) is 0 Å².